The summed E-state index contributed by atoms with van der Waals surface area (Å²) in [7, 11) is 0. The van der Waals surface area contributed by atoms with Crippen molar-refractivity contribution in [3.05, 3.63) is 165 Å². The van der Waals surface area contributed by atoms with Gasteiger partial charge in [0.25, 0.3) is 0 Å². The van der Waals surface area contributed by atoms with E-state index in [0.717, 1.165) is 33.4 Å². The van der Waals surface area contributed by atoms with E-state index in [9.17, 15) is 10.2 Å². The van der Waals surface area contributed by atoms with Crippen LogP contribution in [0, 0.1) is 0 Å². The molecule has 1 saturated heterocycles. The van der Waals surface area contributed by atoms with Crippen molar-refractivity contribution < 1.29 is 19.7 Å². The van der Waals surface area contributed by atoms with Crippen molar-refractivity contribution in [3.8, 4) is 45.3 Å². The Labute approximate surface area is 335 Å². The van der Waals surface area contributed by atoms with Crippen LogP contribution in [0.1, 0.15) is 23.2 Å². The van der Waals surface area contributed by atoms with Gasteiger partial charge in [0.2, 0.25) is 0 Å². The van der Waals surface area contributed by atoms with Crippen molar-refractivity contribution >= 4 is 46.4 Å². The normalized spacial score (nSPS) is 16.3. The summed E-state index contributed by atoms with van der Waals surface area (Å²) in [5, 5.41) is 22.8. The van der Waals surface area contributed by atoms with Crippen LogP contribution in [0.5, 0.6) is 23.0 Å². The molecular formula is C44H38Cl4N2O4. The molecule has 0 amide bonds. The lowest BCUT2D eigenvalue weighted by atomic mass is 9.92. The monoisotopic (exact) mass is 798 g/mol. The smallest absolute Gasteiger partial charge is 0.127 e. The number of benzene rings is 6. The lowest BCUT2D eigenvalue weighted by molar-refractivity contribution is 0.00445. The highest BCUT2D eigenvalue weighted by Gasteiger charge is 2.37. The highest BCUT2D eigenvalue weighted by molar-refractivity contribution is 6.32. The first-order valence-corrected chi connectivity index (χ1v) is 19.2. The minimum Gasteiger partial charge on any atom is -0.457 e. The van der Waals surface area contributed by atoms with Crippen LogP contribution in [0.2, 0.25) is 20.1 Å². The number of ether oxygens (including phenoxy) is 2. The summed E-state index contributed by atoms with van der Waals surface area (Å²) in [5.41, 5.74) is 5.82. The quantitative estimate of drug-likeness (QED) is 0.129. The molecule has 0 bridgehead atoms. The molecule has 1 aliphatic rings. The van der Waals surface area contributed by atoms with Gasteiger partial charge in [-0.1, -0.05) is 94.9 Å². The van der Waals surface area contributed by atoms with E-state index in [0.29, 0.717) is 69.3 Å². The third-order valence-electron chi connectivity index (χ3n) is 9.63. The van der Waals surface area contributed by atoms with Crippen molar-refractivity contribution in [2.45, 2.75) is 12.1 Å². The third-order valence-corrected chi connectivity index (χ3v) is 10.8. The molecule has 6 aromatic rings. The summed E-state index contributed by atoms with van der Waals surface area (Å²) >= 11 is 26.2. The molecule has 2 atom stereocenters. The molecule has 1 fully saturated rings. The fourth-order valence-electron chi connectivity index (χ4n) is 6.96. The van der Waals surface area contributed by atoms with Crippen LogP contribution in [-0.2, 0) is 0 Å². The Hall–Kier alpha value is -4.08. The van der Waals surface area contributed by atoms with Crippen LogP contribution in [0.3, 0.4) is 0 Å². The Morgan fingerprint density at radius 2 is 0.815 bits per heavy atom. The van der Waals surface area contributed by atoms with Crippen LogP contribution in [0.4, 0.5) is 0 Å². The van der Waals surface area contributed by atoms with Gasteiger partial charge in [-0.25, -0.2) is 0 Å². The van der Waals surface area contributed by atoms with E-state index in [2.05, 4.69) is 34.1 Å². The molecule has 0 aromatic heterocycles. The summed E-state index contributed by atoms with van der Waals surface area (Å²) in [6, 6.07) is 42.1. The van der Waals surface area contributed by atoms with Crippen LogP contribution in [0.25, 0.3) is 22.3 Å². The first-order chi connectivity index (χ1) is 26.3. The van der Waals surface area contributed by atoms with Crippen molar-refractivity contribution in [2.24, 2.45) is 0 Å². The molecule has 0 aliphatic carbocycles. The predicted octanol–water partition coefficient (Wildman–Crippen LogP) is 11.6. The zero-order valence-electron chi connectivity index (χ0n) is 29.2. The Kier molecular flexibility index (Phi) is 12.4. The molecule has 0 radical (unpaired) electrons. The molecule has 0 spiro atoms. The average molecular weight is 801 g/mol. The molecule has 2 N–H and O–H groups in total. The third kappa shape index (κ3) is 9.06. The summed E-state index contributed by atoms with van der Waals surface area (Å²) in [4.78, 5) is 4.51. The molecule has 10 heteroatoms. The molecular weight excluding hydrogens is 762 g/mol. The molecule has 1 aliphatic heterocycles. The van der Waals surface area contributed by atoms with Gasteiger partial charge in [-0.2, -0.15) is 0 Å². The van der Waals surface area contributed by atoms with Gasteiger partial charge in [0.05, 0.1) is 13.2 Å². The lowest BCUT2D eigenvalue weighted by Gasteiger charge is -2.47. The highest BCUT2D eigenvalue weighted by Crippen LogP contribution is 2.42. The maximum atomic E-state index is 10.3. The second-order valence-corrected chi connectivity index (χ2v) is 14.8. The van der Waals surface area contributed by atoms with Gasteiger partial charge in [-0.15, -0.1) is 0 Å². The van der Waals surface area contributed by atoms with Crippen LogP contribution in [-0.4, -0.2) is 59.4 Å². The minimum atomic E-state index is -0.164. The largest absolute Gasteiger partial charge is 0.457 e. The van der Waals surface area contributed by atoms with Gasteiger partial charge in [0, 0.05) is 58.4 Å². The van der Waals surface area contributed by atoms with E-state index in [1.54, 1.807) is 24.3 Å². The zero-order chi connectivity index (χ0) is 37.6. The number of β-amino-alcohol motifs (C(OH)–C–C–N with tert-alkyl or cyclic N) is 2. The molecule has 7 rings (SSSR count). The Morgan fingerprint density at radius 1 is 0.463 bits per heavy atom. The predicted molar refractivity (Wildman–Crippen MR) is 220 cm³/mol. The number of aliphatic hydroxyl groups excluding tert-OH is 2. The maximum Gasteiger partial charge on any atom is 0.127 e. The van der Waals surface area contributed by atoms with E-state index in [-0.39, 0.29) is 25.3 Å². The van der Waals surface area contributed by atoms with E-state index < -0.39 is 0 Å². The number of piperazine rings is 1. The number of halogens is 4. The Bertz CT molecular complexity index is 2010. The number of aliphatic hydroxyl groups is 2. The van der Waals surface area contributed by atoms with Crippen molar-refractivity contribution in [1.82, 2.24) is 9.80 Å². The summed E-state index contributed by atoms with van der Waals surface area (Å²) < 4.78 is 11.9. The number of hydrogen-bond acceptors (Lipinski definition) is 6. The van der Waals surface area contributed by atoms with Crippen LogP contribution >= 0.6 is 46.4 Å². The van der Waals surface area contributed by atoms with Gasteiger partial charge in [0.1, 0.15) is 23.0 Å². The van der Waals surface area contributed by atoms with Crippen molar-refractivity contribution in [2.75, 3.05) is 39.4 Å². The standard InChI is InChI=1S/C44H38Cl4N2O4/c45-33-7-15-37(16-8-33)53-35-11-1-29(2-12-35)31-5-19-39(41(47)25-31)43-27-49(21-23-51)28-44(50(43)22-24-52)40-20-6-32(26-42(40)48)30-3-13-36(14-4-30)54-38-17-9-34(46)10-18-38/h1-20,25-26,43-44,51-52H,21-24,27-28H2/t43-,44-/m0/s1. The zero-order valence-corrected chi connectivity index (χ0v) is 32.2. The second kappa shape index (κ2) is 17.6. The lowest BCUT2D eigenvalue weighted by Crippen LogP contribution is -2.51. The average Bonchev–Trinajstić information content (AvgIpc) is 3.18. The van der Waals surface area contributed by atoms with Gasteiger partial charge >= 0.3 is 0 Å². The fraction of sp³-hybridized carbons (Fsp3) is 0.182. The molecule has 0 unspecified atom stereocenters. The second-order valence-electron chi connectivity index (χ2n) is 13.1. The summed E-state index contributed by atoms with van der Waals surface area (Å²) in [5.74, 6) is 2.84. The summed E-state index contributed by atoms with van der Waals surface area (Å²) in [6.45, 7) is 2.17. The number of nitrogens with zero attached hydrogens (tertiary/aromatic N) is 2. The fourth-order valence-corrected chi connectivity index (χ4v) is 7.82. The van der Waals surface area contributed by atoms with Gasteiger partial charge in [-0.05, 0) is 118 Å². The Morgan fingerprint density at radius 3 is 1.17 bits per heavy atom. The molecule has 276 valence electrons. The number of hydrogen-bond donors (Lipinski definition) is 2. The SMILES string of the molecule is OCCN1C[C@@H](c2ccc(-c3ccc(Oc4ccc(Cl)cc4)cc3)cc2Cl)N(CCO)[C@H](c2ccc(-c3ccc(Oc4ccc(Cl)cc4)cc3)cc2Cl)C1. The van der Waals surface area contributed by atoms with Crippen molar-refractivity contribution in [3.63, 3.8) is 0 Å². The number of rotatable bonds is 12. The van der Waals surface area contributed by atoms with E-state index in [1.165, 1.54) is 0 Å². The van der Waals surface area contributed by atoms with Crippen LogP contribution in [0.15, 0.2) is 133 Å². The van der Waals surface area contributed by atoms with E-state index >= 15 is 0 Å². The molecule has 0 saturated carbocycles. The van der Waals surface area contributed by atoms with Gasteiger partial charge < -0.3 is 19.7 Å². The molecule has 54 heavy (non-hydrogen) atoms. The van der Waals surface area contributed by atoms with Crippen LogP contribution < -0.4 is 9.47 Å². The van der Waals surface area contributed by atoms with E-state index in [1.807, 2.05) is 84.9 Å². The van der Waals surface area contributed by atoms with Crippen molar-refractivity contribution in [1.29, 1.82) is 0 Å². The Balaban J connectivity index is 1.11. The first-order valence-electron chi connectivity index (χ1n) is 17.6. The molecule has 6 nitrogen and oxygen atoms in total. The first kappa shape index (κ1) is 38.2. The maximum absolute atomic E-state index is 10.3. The molecule has 6 aromatic carbocycles. The van der Waals surface area contributed by atoms with E-state index in [4.69, 9.17) is 55.9 Å². The minimum absolute atomic E-state index is 0.0221. The topological polar surface area (TPSA) is 65.4 Å². The molecule has 1 heterocycles. The highest BCUT2D eigenvalue weighted by atomic mass is 35.5. The summed E-state index contributed by atoms with van der Waals surface area (Å²) in [6.07, 6.45) is 0. The van der Waals surface area contributed by atoms with Gasteiger partial charge in [0.15, 0.2) is 0 Å². The van der Waals surface area contributed by atoms with Gasteiger partial charge in [-0.3, -0.25) is 9.80 Å².